The maximum atomic E-state index is 12.9. The largest absolute Gasteiger partial charge is 0.372 e. The molecule has 5 nitrogen and oxygen atoms in total. The second-order valence-corrected chi connectivity index (χ2v) is 7.61. The van der Waals surface area contributed by atoms with E-state index in [2.05, 4.69) is 17.0 Å². The number of hydrogen-bond donors (Lipinski definition) is 1. The van der Waals surface area contributed by atoms with E-state index >= 15 is 0 Å². The molecule has 0 spiro atoms. The Bertz CT molecular complexity index is 631. The van der Waals surface area contributed by atoms with Gasteiger partial charge < -0.3 is 9.80 Å². The zero-order valence-corrected chi connectivity index (χ0v) is 14.9. The van der Waals surface area contributed by atoms with Gasteiger partial charge in [0.15, 0.2) is 6.04 Å². The Hall–Kier alpha value is -1.88. The minimum Gasteiger partial charge on any atom is -0.372 e. The van der Waals surface area contributed by atoms with Gasteiger partial charge in [0.1, 0.15) is 0 Å². The number of benzene rings is 1. The second kappa shape index (κ2) is 7.16. The van der Waals surface area contributed by atoms with Crippen molar-refractivity contribution in [3.63, 3.8) is 0 Å². The Morgan fingerprint density at radius 1 is 0.800 bits per heavy atom. The summed E-state index contributed by atoms with van der Waals surface area (Å²) in [4.78, 5) is 30.5. The van der Waals surface area contributed by atoms with Gasteiger partial charge in [-0.25, -0.2) is 4.90 Å². The molecule has 3 fully saturated rings. The van der Waals surface area contributed by atoms with Gasteiger partial charge in [-0.2, -0.15) is 0 Å². The summed E-state index contributed by atoms with van der Waals surface area (Å²) in [6, 6.07) is 7.82. The zero-order chi connectivity index (χ0) is 17.2. The summed E-state index contributed by atoms with van der Waals surface area (Å²) in [5, 5.41) is 0. The molecule has 3 heterocycles. The lowest BCUT2D eigenvalue weighted by Crippen LogP contribution is -3.17. The highest BCUT2D eigenvalue weighted by molar-refractivity contribution is 6.21. The van der Waals surface area contributed by atoms with Gasteiger partial charge in [0.25, 0.3) is 5.91 Å². The van der Waals surface area contributed by atoms with Gasteiger partial charge in [-0.3, -0.25) is 9.59 Å². The Morgan fingerprint density at radius 3 is 2.08 bits per heavy atom. The summed E-state index contributed by atoms with van der Waals surface area (Å²) in [6.07, 6.45) is 7.74. The molecule has 3 saturated heterocycles. The summed E-state index contributed by atoms with van der Waals surface area (Å²) >= 11 is 0. The van der Waals surface area contributed by atoms with Crippen molar-refractivity contribution in [3.8, 4) is 0 Å². The van der Waals surface area contributed by atoms with Crippen LogP contribution < -0.4 is 14.7 Å². The van der Waals surface area contributed by atoms with E-state index in [1.54, 1.807) is 0 Å². The van der Waals surface area contributed by atoms with Crippen LogP contribution in [0.5, 0.6) is 0 Å². The number of rotatable bonds is 3. The number of nitrogens with zero attached hydrogens (tertiary/aromatic N) is 2. The lowest BCUT2D eigenvalue weighted by Gasteiger charge is -2.29. The fourth-order valence-electron chi connectivity index (χ4n) is 4.54. The minimum atomic E-state index is -0.172. The van der Waals surface area contributed by atoms with Crippen molar-refractivity contribution in [1.29, 1.82) is 0 Å². The number of quaternary nitrogens is 1. The molecule has 1 aromatic carbocycles. The zero-order valence-electron chi connectivity index (χ0n) is 14.9. The topological polar surface area (TPSA) is 45.1 Å². The summed E-state index contributed by atoms with van der Waals surface area (Å²) in [7, 11) is 0. The van der Waals surface area contributed by atoms with E-state index in [1.807, 2.05) is 12.1 Å². The maximum Gasteiger partial charge on any atom is 0.292 e. The lowest BCUT2D eigenvalue weighted by atomic mass is 10.1. The van der Waals surface area contributed by atoms with Gasteiger partial charge in [0.2, 0.25) is 5.91 Å². The predicted molar refractivity (Wildman–Crippen MR) is 98.0 cm³/mol. The first-order valence-corrected chi connectivity index (χ1v) is 9.80. The van der Waals surface area contributed by atoms with E-state index in [1.165, 1.54) is 41.2 Å². The van der Waals surface area contributed by atoms with Crippen molar-refractivity contribution in [1.82, 2.24) is 0 Å². The Morgan fingerprint density at radius 2 is 1.40 bits per heavy atom. The molecular formula is C20H28N3O2+. The van der Waals surface area contributed by atoms with Crippen LogP contribution in [0.15, 0.2) is 24.3 Å². The van der Waals surface area contributed by atoms with E-state index in [4.69, 9.17) is 0 Å². The highest BCUT2D eigenvalue weighted by Gasteiger charge is 2.45. The first-order valence-electron chi connectivity index (χ1n) is 9.80. The molecule has 2 amide bonds. The molecular weight excluding hydrogens is 314 g/mol. The number of likely N-dealkylation sites (tertiary alicyclic amines) is 1. The van der Waals surface area contributed by atoms with E-state index < -0.39 is 0 Å². The molecule has 0 aliphatic carbocycles. The monoisotopic (exact) mass is 342 g/mol. The van der Waals surface area contributed by atoms with Crippen LogP contribution >= 0.6 is 0 Å². The minimum absolute atomic E-state index is 0.00683. The van der Waals surface area contributed by atoms with Crippen LogP contribution in [0.2, 0.25) is 0 Å². The van der Waals surface area contributed by atoms with Gasteiger partial charge >= 0.3 is 0 Å². The summed E-state index contributed by atoms with van der Waals surface area (Å²) in [6.45, 7) is 4.24. The van der Waals surface area contributed by atoms with E-state index in [-0.39, 0.29) is 17.9 Å². The SMILES string of the molecule is O=C1C[C@@H]([NH+]2CCCCC2)C(=O)N1c1ccc(N2CCCCC2)cc1. The Balaban J connectivity index is 1.48. The highest BCUT2D eigenvalue weighted by atomic mass is 16.2. The molecule has 4 rings (SSSR count). The molecule has 0 unspecified atom stereocenters. The summed E-state index contributed by atoms with van der Waals surface area (Å²) in [5.41, 5.74) is 1.93. The molecule has 0 radical (unpaired) electrons. The summed E-state index contributed by atoms with van der Waals surface area (Å²) < 4.78 is 0. The van der Waals surface area contributed by atoms with Crippen molar-refractivity contribution in [3.05, 3.63) is 24.3 Å². The maximum absolute atomic E-state index is 12.9. The third kappa shape index (κ3) is 3.30. The van der Waals surface area contributed by atoms with Crippen LogP contribution in [-0.2, 0) is 9.59 Å². The standard InChI is InChI=1S/C20H27N3O2/c24-19-15-18(22-13-5-2-6-14-22)20(25)23(19)17-9-7-16(8-10-17)21-11-3-1-4-12-21/h7-10,18H,1-6,11-15H2/p+1/t18-/m1/s1. The number of hydrogen-bond acceptors (Lipinski definition) is 3. The van der Waals surface area contributed by atoms with Crippen LogP contribution in [0.3, 0.4) is 0 Å². The predicted octanol–water partition coefficient (Wildman–Crippen LogP) is 1.38. The van der Waals surface area contributed by atoms with Crippen LogP contribution in [0, 0.1) is 0 Å². The number of anilines is 2. The van der Waals surface area contributed by atoms with Gasteiger partial charge in [-0.05, 0) is 62.8 Å². The van der Waals surface area contributed by atoms with Crippen LogP contribution in [0.1, 0.15) is 44.9 Å². The molecule has 25 heavy (non-hydrogen) atoms. The fraction of sp³-hybridized carbons (Fsp3) is 0.600. The normalized spacial score (nSPS) is 25.7. The van der Waals surface area contributed by atoms with E-state index in [0.29, 0.717) is 6.42 Å². The van der Waals surface area contributed by atoms with Gasteiger partial charge in [-0.15, -0.1) is 0 Å². The number of carbonyl (C=O) groups excluding carboxylic acids is 2. The van der Waals surface area contributed by atoms with Crippen molar-refractivity contribution in [2.24, 2.45) is 0 Å². The van der Waals surface area contributed by atoms with Gasteiger partial charge in [0, 0.05) is 18.8 Å². The highest BCUT2D eigenvalue weighted by Crippen LogP contribution is 2.26. The van der Waals surface area contributed by atoms with Crippen LogP contribution in [0.25, 0.3) is 0 Å². The first kappa shape index (κ1) is 16.6. The van der Waals surface area contributed by atoms with Crippen molar-refractivity contribution in [2.45, 2.75) is 51.0 Å². The van der Waals surface area contributed by atoms with Crippen LogP contribution in [-0.4, -0.2) is 44.0 Å². The number of piperidine rings is 2. The van der Waals surface area contributed by atoms with Crippen molar-refractivity contribution in [2.75, 3.05) is 36.0 Å². The molecule has 3 aliphatic rings. The van der Waals surface area contributed by atoms with Gasteiger partial charge in [-0.1, -0.05) is 0 Å². The average Bonchev–Trinajstić information content (AvgIpc) is 2.98. The second-order valence-electron chi connectivity index (χ2n) is 7.61. The average molecular weight is 342 g/mol. The number of amides is 2. The van der Waals surface area contributed by atoms with Crippen molar-refractivity contribution < 1.29 is 14.5 Å². The Labute approximate surface area is 149 Å². The summed E-state index contributed by atoms with van der Waals surface area (Å²) in [5.74, 6) is -0.0496. The molecule has 0 bridgehead atoms. The molecule has 1 N–H and O–H groups in total. The molecule has 1 atom stereocenters. The molecule has 0 saturated carbocycles. The van der Waals surface area contributed by atoms with Crippen LogP contribution in [0.4, 0.5) is 11.4 Å². The number of carbonyl (C=O) groups is 2. The van der Waals surface area contributed by atoms with E-state index in [9.17, 15) is 9.59 Å². The van der Waals surface area contributed by atoms with E-state index in [0.717, 1.165) is 44.7 Å². The lowest BCUT2D eigenvalue weighted by molar-refractivity contribution is -0.919. The third-order valence-corrected chi connectivity index (χ3v) is 5.96. The molecule has 134 valence electrons. The first-order chi connectivity index (χ1) is 12.2. The molecule has 3 aliphatic heterocycles. The van der Waals surface area contributed by atoms with Crippen molar-refractivity contribution >= 4 is 23.2 Å². The molecule has 1 aromatic rings. The number of nitrogens with one attached hydrogen (secondary N) is 1. The Kier molecular flexibility index (Phi) is 4.75. The smallest absolute Gasteiger partial charge is 0.292 e. The molecule has 0 aromatic heterocycles. The van der Waals surface area contributed by atoms with Gasteiger partial charge in [0.05, 0.1) is 25.2 Å². The number of imide groups is 1. The quantitative estimate of drug-likeness (QED) is 0.844. The third-order valence-electron chi connectivity index (χ3n) is 5.96. The molecule has 5 heteroatoms. The fourth-order valence-corrected chi connectivity index (χ4v) is 4.54.